The van der Waals surface area contributed by atoms with Crippen LogP contribution in [0, 0.1) is 0 Å². The Morgan fingerprint density at radius 3 is 2.53 bits per heavy atom. The van der Waals surface area contributed by atoms with Gasteiger partial charge in [0.1, 0.15) is 5.76 Å². The van der Waals surface area contributed by atoms with E-state index in [-0.39, 0.29) is 0 Å². The first-order valence-corrected chi connectivity index (χ1v) is 6.65. The van der Waals surface area contributed by atoms with Crippen LogP contribution < -0.4 is 0 Å². The topological polar surface area (TPSA) is 9.23 Å². The van der Waals surface area contributed by atoms with Crippen LogP contribution in [0.1, 0.15) is 52.4 Å². The highest BCUT2D eigenvalue weighted by Crippen LogP contribution is 2.09. The van der Waals surface area contributed by atoms with E-state index in [0.717, 1.165) is 25.0 Å². The molecule has 0 radical (unpaired) electrons. The van der Waals surface area contributed by atoms with Crippen LogP contribution in [-0.2, 0) is 4.74 Å². The summed E-state index contributed by atoms with van der Waals surface area (Å²) < 4.78 is 5.55. The Balaban J connectivity index is 3.87. The van der Waals surface area contributed by atoms with Crippen molar-refractivity contribution >= 4 is 0 Å². The molecule has 1 heteroatoms. The van der Waals surface area contributed by atoms with Crippen molar-refractivity contribution in [2.75, 3.05) is 0 Å². The molecule has 0 aromatic rings. The summed E-state index contributed by atoms with van der Waals surface area (Å²) in [6.07, 6.45) is 18.6. The third-order valence-corrected chi connectivity index (χ3v) is 2.35. The van der Waals surface area contributed by atoms with Crippen LogP contribution in [0.5, 0.6) is 0 Å². The number of hydrogen-bond acceptors (Lipinski definition) is 1. The van der Waals surface area contributed by atoms with Crippen molar-refractivity contribution in [3.8, 4) is 0 Å². The van der Waals surface area contributed by atoms with Crippen molar-refractivity contribution < 1.29 is 4.74 Å². The van der Waals surface area contributed by atoms with E-state index < -0.39 is 0 Å². The Bertz CT molecular complexity index is 259. The number of hydrogen-bond donors (Lipinski definition) is 0. The standard InChI is InChI=1S/C16H26O/c1-4-7-9-10-11-12-15-17-16(13-6-3)14-8-5-2/h6,10-13,15H,3-5,7-9,14H2,1-2H3. The maximum absolute atomic E-state index is 5.55. The molecule has 0 aliphatic heterocycles. The molecule has 0 unspecified atom stereocenters. The lowest BCUT2D eigenvalue weighted by Gasteiger charge is -2.03. The van der Waals surface area contributed by atoms with E-state index in [9.17, 15) is 0 Å². The van der Waals surface area contributed by atoms with Gasteiger partial charge in [0, 0.05) is 6.42 Å². The molecule has 0 fully saturated rings. The zero-order chi connectivity index (χ0) is 12.8. The Labute approximate surface area is 107 Å². The van der Waals surface area contributed by atoms with Gasteiger partial charge in [0.25, 0.3) is 0 Å². The third kappa shape index (κ3) is 11.0. The quantitative estimate of drug-likeness (QED) is 0.274. The molecule has 0 aliphatic rings. The fourth-order valence-corrected chi connectivity index (χ4v) is 1.33. The molecule has 0 N–H and O–H groups in total. The molecule has 0 saturated carbocycles. The van der Waals surface area contributed by atoms with Gasteiger partial charge in [0.2, 0.25) is 0 Å². The summed E-state index contributed by atoms with van der Waals surface area (Å²) in [7, 11) is 0. The molecular weight excluding hydrogens is 208 g/mol. The number of rotatable bonds is 10. The maximum atomic E-state index is 5.55. The highest BCUT2D eigenvalue weighted by atomic mass is 16.5. The zero-order valence-corrected chi connectivity index (χ0v) is 11.3. The van der Waals surface area contributed by atoms with Crippen LogP contribution in [-0.4, -0.2) is 0 Å². The third-order valence-electron chi connectivity index (χ3n) is 2.35. The molecule has 0 aliphatic carbocycles. The van der Waals surface area contributed by atoms with Gasteiger partial charge in [-0.1, -0.05) is 57.9 Å². The fourth-order valence-electron chi connectivity index (χ4n) is 1.33. The maximum Gasteiger partial charge on any atom is 0.103 e. The lowest BCUT2D eigenvalue weighted by molar-refractivity contribution is 0.330. The van der Waals surface area contributed by atoms with Gasteiger partial charge in [0.15, 0.2) is 0 Å². The summed E-state index contributed by atoms with van der Waals surface area (Å²) in [5.41, 5.74) is 0. The first-order chi connectivity index (χ1) is 8.35. The van der Waals surface area contributed by atoms with Gasteiger partial charge in [-0.15, -0.1) is 0 Å². The first kappa shape index (κ1) is 15.8. The van der Waals surface area contributed by atoms with Gasteiger partial charge >= 0.3 is 0 Å². The van der Waals surface area contributed by atoms with E-state index in [4.69, 9.17) is 4.74 Å². The lowest BCUT2D eigenvalue weighted by Crippen LogP contribution is -1.85. The number of ether oxygens (including phenoxy) is 1. The summed E-state index contributed by atoms with van der Waals surface area (Å²) in [6.45, 7) is 8.07. The monoisotopic (exact) mass is 234 g/mol. The molecule has 0 aromatic carbocycles. The smallest absolute Gasteiger partial charge is 0.103 e. The Morgan fingerprint density at radius 1 is 1.12 bits per heavy atom. The van der Waals surface area contributed by atoms with Crippen LogP contribution >= 0.6 is 0 Å². The van der Waals surface area contributed by atoms with Gasteiger partial charge in [-0.25, -0.2) is 0 Å². The molecule has 0 heterocycles. The molecule has 1 nitrogen and oxygen atoms in total. The van der Waals surface area contributed by atoms with Gasteiger partial charge in [-0.05, 0) is 25.0 Å². The van der Waals surface area contributed by atoms with Crippen molar-refractivity contribution in [1.29, 1.82) is 0 Å². The Hall–Kier alpha value is -1.24. The van der Waals surface area contributed by atoms with Gasteiger partial charge < -0.3 is 4.74 Å². The normalized spacial score (nSPS) is 12.5. The SMILES string of the molecule is C=CC=C(CCCC)OC=CC=CCCCC. The average Bonchev–Trinajstić information content (AvgIpc) is 2.34. The van der Waals surface area contributed by atoms with Crippen LogP contribution in [0.2, 0.25) is 0 Å². The minimum Gasteiger partial charge on any atom is -0.469 e. The summed E-state index contributed by atoms with van der Waals surface area (Å²) in [5.74, 6) is 0.986. The van der Waals surface area contributed by atoms with E-state index in [0.29, 0.717) is 0 Å². The Morgan fingerprint density at radius 2 is 1.88 bits per heavy atom. The predicted molar refractivity (Wildman–Crippen MR) is 76.7 cm³/mol. The molecule has 0 bridgehead atoms. The van der Waals surface area contributed by atoms with Crippen molar-refractivity contribution in [1.82, 2.24) is 0 Å². The summed E-state index contributed by atoms with van der Waals surface area (Å²) in [6, 6.07) is 0. The highest BCUT2D eigenvalue weighted by molar-refractivity contribution is 5.07. The number of unbranched alkanes of at least 4 members (excludes halogenated alkanes) is 3. The van der Waals surface area contributed by atoms with E-state index >= 15 is 0 Å². The zero-order valence-electron chi connectivity index (χ0n) is 11.3. The second kappa shape index (κ2) is 12.8. The summed E-state index contributed by atoms with van der Waals surface area (Å²) >= 11 is 0. The molecule has 0 rings (SSSR count). The molecule has 0 atom stereocenters. The molecule has 96 valence electrons. The van der Waals surface area contributed by atoms with Crippen LogP contribution in [0.15, 0.2) is 49.0 Å². The molecule has 0 amide bonds. The Kier molecular flexibility index (Phi) is 11.9. The second-order valence-corrected chi connectivity index (χ2v) is 3.99. The molecule has 0 saturated heterocycles. The van der Waals surface area contributed by atoms with Gasteiger partial charge in [0.05, 0.1) is 6.26 Å². The van der Waals surface area contributed by atoms with Crippen molar-refractivity contribution in [3.63, 3.8) is 0 Å². The summed E-state index contributed by atoms with van der Waals surface area (Å²) in [5, 5.41) is 0. The second-order valence-electron chi connectivity index (χ2n) is 3.99. The first-order valence-electron chi connectivity index (χ1n) is 6.65. The fraction of sp³-hybridized carbons (Fsp3) is 0.500. The molecule has 0 aromatic heterocycles. The summed E-state index contributed by atoms with van der Waals surface area (Å²) in [4.78, 5) is 0. The van der Waals surface area contributed by atoms with Gasteiger partial charge in [-0.3, -0.25) is 0 Å². The molecule has 17 heavy (non-hydrogen) atoms. The van der Waals surface area contributed by atoms with E-state index in [2.05, 4.69) is 26.5 Å². The van der Waals surface area contributed by atoms with Crippen molar-refractivity contribution in [2.24, 2.45) is 0 Å². The lowest BCUT2D eigenvalue weighted by atomic mass is 10.2. The molecule has 0 spiro atoms. The van der Waals surface area contributed by atoms with Crippen LogP contribution in [0.4, 0.5) is 0 Å². The van der Waals surface area contributed by atoms with E-state index in [1.165, 1.54) is 19.3 Å². The van der Waals surface area contributed by atoms with Crippen molar-refractivity contribution in [3.05, 3.63) is 49.0 Å². The molecular formula is C16H26O. The average molecular weight is 234 g/mol. The van der Waals surface area contributed by atoms with Crippen LogP contribution in [0.3, 0.4) is 0 Å². The minimum absolute atomic E-state index is 0.979. The van der Waals surface area contributed by atoms with Crippen molar-refractivity contribution in [2.45, 2.75) is 52.4 Å². The van der Waals surface area contributed by atoms with Gasteiger partial charge in [-0.2, -0.15) is 0 Å². The van der Waals surface area contributed by atoms with Crippen LogP contribution in [0.25, 0.3) is 0 Å². The van der Waals surface area contributed by atoms with E-state index in [1.807, 2.05) is 18.2 Å². The predicted octanol–water partition coefficient (Wildman–Crippen LogP) is 5.52. The highest BCUT2D eigenvalue weighted by Gasteiger charge is 1.93. The number of allylic oxidation sites excluding steroid dienone is 6. The largest absolute Gasteiger partial charge is 0.469 e. The van der Waals surface area contributed by atoms with E-state index in [1.54, 1.807) is 12.3 Å². The minimum atomic E-state index is 0.979.